The number of hydrogen-bond donors (Lipinski definition) is 0. The van der Waals surface area contributed by atoms with Crippen LogP contribution in [-0.2, 0) is 0 Å². The number of aromatic nitrogens is 5. The summed E-state index contributed by atoms with van der Waals surface area (Å²) in [5, 5.41) is 13.9. The van der Waals surface area contributed by atoms with Gasteiger partial charge in [-0.05, 0) is 12.1 Å². The van der Waals surface area contributed by atoms with Crippen LogP contribution in [0.1, 0.15) is 0 Å². The Kier molecular flexibility index (Phi) is 2.53. The third kappa shape index (κ3) is 1.78. The van der Waals surface area contributed by atoms with E-state index < -0.39 is 0 Å². The van der Waals surface area contributed by atoms with E-state index in [1.165, 1.54) is 11.3 Å². The highest BCUT2D eigenvalue weighted by atomic mass is 32.1. The molecule has 4 aromatic rings. The summed E-state index contributed by atoms with van der Waals surface area (Å²) in [6.07, 6.45) is 3.50. The van der Waals surface area contributed by atoms with Gasteiger partial charge in [0.1, 0.15) is 5.01 Å². The van der Waals surface area contributed by atoms with Gasteiger partial charge in [-0.15, -0.1) is 10.2 Å². The lowest BCUT2D eigenvalue weighted by atomic mass is 10.2. The van der Waals surface area contributed by atoms with Gasteiger partial charge in [-0.3, -0.25) is 4.98 Å². The van der Waals surface area contributed by atoms with Gasteiger partial charge in [-0.2, -0.15) is 9.61 Å². The van der Waals surface area contributed by atoms with Crippen molar-refractivity contribution < 1.29 is 0 Å². The van der Waals surface area contributed by atoms with Crippen LogP contribution in [-0.4, -0.2) is 24.8 Å². The second-order valence-corrected chi connectivity index (χ2v) is 5.19. The topological polar surface area (TPSA) is 56.0 Å². The molecular weight excluding hydrogens is 270 g/mol. The van der Waals surface area contributed by atoms with Crippen molar-refractivity contribution in [2.45, 2.75) is 0 Å². The fraction of sp³-hybridized carbons (Fsp3) is 0. The Hall–Kier alpha value is -2.60. The maximum atomic E-state index is 4.60. The first kappa shape index (κ1) is 11.2. The van der Waals surface area contributed by atoms with Gasteiger partial charge in [-0.1, -0.05) is 41.7 Å². The van der Waals surface area contributed by atoms with Gasteiger partial charge in [-0.25, -0.2) is 0 Å². The molecule has 0 saturated heterocycles. The van der Waals surface area contributed by atoms with Crippen molar-refractivity contribution in [3.63, 3.8) is 0 Å². The van der Waals surface area contributed by atoms with Crippen LogP contribution in [0.15, 0.2) is 54.9 Å². The van der Waals surface area contributed by atoms with Gasteiger partial charge in [0.05, 0.1) is 0 Å². The molecule has 0 radical (unpaired) electrons. The maximum Gasteiger partial charge on any atom is 0.235 e. The zero-order chi connectivity index (χ0) is 13.4. The van der Waals surface area contributed by atoms with E-state index in [9.17, 15) is 0 Å². The molecule has 1 aromatic carbocycles. The number of rotatable bonds is 2. The second kappa shape index (κ2) is 4.50. The first-order chi connectivity index (χ1) is 9.92. The normalized spacial score (nSPS) is 11.0. The average Bonchev–Trinajstić information content (AvgIpc) is 3.09. The van der Waals surface area contributed by atoms with Gasteiger partial charge in [0.25, 0.3) is 0 Å². The first-order valence-electron chi connectivity index (χ1n) is 6.10. The molecule has 20 heavy (non-hydrogen) atoms. The molecule has 4 rings (SSSR count). The quantitative estimate of drug-likeness (QED) is 0.566. The molecule has 0 saturated carbocycles. The zero-order valence-corrected chi connectivity index (χ0v) is 11.2. The van der Waals surface area contributed by atoms with Crippen LogP contribution in [0.2, 0.25) is 0 Å². The van der Waals surface area contributed by atoms with Crippen LogP contribution in [0.3, 0.4) is 0 Å². The summed E-state index contributed by atoms with van der Waals surface area (Å²) in [7, 11) is 0. The summed E-state index contributed by atoms with van der Waals surface area (Å²) in [6.45, 7) is 0. The minimum atomic E-state index is 0.714. The van der Waals surface area contributed by atoms with E-state index in [1.54, 1.807) is 16.9 Å². The molecule has 0 unspecified atom stereocenters. The smallest absolute Gasteiger partial charge is 0.235 e. The van der Waals surface area contributed by atoms with Crippen LogP contribution in [0.4, 0.5) is 0 Å². The average molecular weight is 279 g/mol. The highest BCUT2D eigenvalue weighted by Crippen LogP contribution is 2.27. The molecule has 0 N–H and O–H groups in total. The van der Waals surface area contributed by atoms with Crippen molar-refractivity contribution in [2.75, 3.05) is 0 Å². The first-order valence-corrected chi connectivity index (χ1v) is 6.91. The Morgan fingerprint density at radius 3 is 2.55 bits per heavy atom. The van der Waals surface area contributed by atoms with Crippen LogP contribution >= 0.6 is 11.3 Å². The second-order valence-electron chi connectivity index (χ2n) is 4.23. The van der Waals surface area contributed by atoms with Crippen molar-refractivity contribution in [3.05, 3.63) is 54.9 Å². The monoisotopic (exact) mass is 279 g/mol. The van der Waals surface area contributed by atoms with Crippen LogP contribution in [0.25, 0.3) is 26.9 Å². The lowest BCUT2D eigenvalue weighted by molar-refractivity contribution is 0.969. The number of pyridine rings is 1. The lowest BCUT2D eigenvalue weighted by Gasteiger charge is -1.95. The van der Waals surface area contributed by atoms with E-state index in [2.05, 4.69) is 20.3 Å². The summed E-state index contributed by atoms with van der Waals surface area (Å²) in [6, 6.07) is 13.9. The van der Waals surface area contributed by atoms with Crippen LogP contribution < -0.4 is 0 Å². The molecule has 0 aliphatic rings. The lowest BCUT2D eigenvalue weighted by Crippen LogP contribution is -1.91. The largest absolute Gasteiger partial charge is 0.264 e. The Morgan fingerprint density at radius 1 is 0.900 bits per heavy atom. The molecular formula is C14H9N5S. The van der Waals surface area contributed by atoms with E-state index in [1.807, 2.05) is 42.5 Å². The van der Waals surface area contributed by atoms with E-state index in [-0.39, 0.29) is 0 Å². The number of fused-ring (bicyclic) bond motifs is 1. The highest BCUT2D eigenvalue weighted by molar-refractivity contribution is 7.19. The van der Waals surface area contributed by atoms with Crippen molar-refractivity contribution in [3.8, 4) is 22.0 Å². The zero-order valence-electron chi connectivity index (χ0n) is 10.3. The van der Waals surface area contributed by atoms with Gasteiger partial charge < -0.3 is 0 Å². The molecule has 6 heteroatoms. The van der Waals surface area contributed by atoms with Crippen molar-refractivity contribution in [1.82, 2.24) is 24.8 Å². The number of hydrogen-bond acceptors (Lipinski definition) is 5. The molecule has 3 aromatic heterocycles. The molecule has 0 spiro atoms. The Morgan fingerprint density at radius 2 is 1.75 bits per heavy atom. The molecule has 0 fully saturated rings. The predicted molar refractivity (Wildman–Crippen MR) is 77.3 cm³/mol. The van der Waals surface area contributed by atoms with E-state index >= 15 is 0 Å². The third-order valence-electron chi connectivity index (χ3n) is 2.93. The maximum absolute atomic E-state index is 4.60. The molecule has 0 aliphatic heterocycles. The van der Waals surface area contributed by atoms with Gasteiger partial charge in [0.15, 0.2) is 5.82 Å². The SMILES string of the molecule is c1ccc(-c2nn3c(-c4cccnc4)nnc3s2)cc1. The fourth-order valence-corrected chi connectivity index (χ4v) is 2.83. The Bertz CT molecular complexity index is 851. The summed E-state index contributed by atoms with van der Waals surface area (Å²) in [5.41, 5.74) is 1.99. The molecule has 5 nitrogen and oxygen atoms in total. The molecule has 0 atom stereocenters. The van der Waals surface area contributed by atoms with Gasteiger partial charge in [0, 0.05) is 23.5 Å². The van der Waals surface area contributed by atoms with E-state index in [4.69, 9.17) is 0 Å². The Labute approximate surface area is 118 Å². The van der Waals surface area contributed by atoms with Crippen molar-refractivity contribution >= 4 is 16.3 Å². The number of benzene rings is 1. The molecule has 3 heterocycles. The fourth-order valence-electron chi connectivity index (χ4n) is 1.99. The Balaban J connectivity index is 1.88. The highest BCUT2D eigenvalue weighted by Gasteiger charge is 2.13. The van der Waals surface area contributed by atoms with Crippen molar-refractivity contribution in [2.24, 2.45) is 0 Å². The third-order valence-corrected chi connectivity index (χ3v) is 3.88. The van der Waals surface area contributed by atoms with Gasteiger partial charge in [0.2, 0.25) is 4.96 Å². The summed E-state index contributed by atoms with van der Waals surface area (Å²) >= 11 is 1.52. The van der Waals surface area contributed by atoms with Crippen LogP contribution in [0.5, 0.6) is 0 Å². The molecule has 0 aliphatic carbocycles. The standard InChI is InChI=1S/C14H9N5S/c1-2-5-10(6-3-1)13-18-19-12(16-17-14(19)20-13)11-7-4-8-15-9-11/h1-9H. The molecule has 0 amide bonds. The van der Waals surface area contributed by atoms with E-state index in [0.29, 0.717) is 5.82 Å². The minimum Gasteiger partial charge on any atom is -0.264 e. The predicted octanol–water partition coefficient (Wildman–Crippen LogP) is 2.91. The van der Waals surface area contributed by atoms with Crippen molar-refractivity contribution in [1.29, 1.82) is 0 Å². The summed E-state index contributed by atoms with van der Waals surface area (Å²) in [5.74, 6) is 0.714. The summed E-state index contributed by atoms with van der Waals surface area (Å²) < 4.78 is 1.77. The van der Waals surface area contributed by atoms with E-state index in [0.717, 1.165) is 21.1 Å². The van der Waals surface area contributed by atoms with Gasteiger partial charge >= 0.3 is 0 Å². The van der Waals surface area contributed by atoms with Crippen LogP contribution in [0, 0.1) is 0 Å². The molecule has 96 valence electrons. The number of nitrogens with zero attached hydrogens (tertiary/aromatic N) is 5. The summed E-state index contributed by atoms with van der Waals surface area (Å²) in [4.78, 5) is 4.89. The molecule has 0 bridgehead atoms. The minimum absolute atomic E-state index is 0.714.